The number of nitrogens with zero attached hydrogens (tertiary/aromatic N) is 1. The van der Waals surface area contributed by atoms with Crippen molar-refractivity contribution in [2.75, 3.05) is 19.6 Å². The van der Waals surface area contributed by atoms with E-state index in [4.69, 9.17) is 11.6 Å². The molecule has 2 aromatic rings. The van der Waals surface area contributed by atoms with Crippen LogP contribution in [0.15, 0.2) is 54.6 Å². The van der Waals surface area contributed by atoms with Gasteiger partial charge in [0, 0.05) is 5.02 Å². The highest BCUT2D eigenvalue weighted by molar-refractivity contribution is 6.30. The molecule has 0 amide bonds. The molecule has 0 atom stereocenters. The molecule has 1 heterocycles. The molecule has 1 nitrogen and oxygen atoms in total. The summed E-state index contributed by atoms with van der Waals surface area (Å²) < 4.78 is 0. The number of likely N-dealkylation sites (tertiary alicyclic amines) is 1. The van der Waals surface area contributed by atoms with Gasteiger partial charge in [-0.25, -0.2) is 0 Å². The maximum Gasteiger partial charge on any atom is 0.0406 e. The van der Waals surface area contributed by atoms with Crippen LogP contribution in [0, 0.1) is 0 Å². The van der Waals surface area contributed by atoms with E-state index in [1.807, 2.05) is 18.2 Å². The largest absolute Gasteiger partial charge is 0.303 e. The molecule has 0 radical (unpaired) electrons. The lowest BCUT2D eigenvalue weighted by molar-refractivity contribution is 0.332. The third-order valence-corrected chi connectivity index (χ3v) is 4.44. The number of halogens is 1. The van der Waals surface area contributed by atoms with Crippen molar-refractivity contribution in [1.82, 2.24) is 4.90 Å². The van der Waals surface area contributed by atoms with E-state index in [-0.39, 0.29) is 0 Å². The van der Waals surface area contributed by atoms with Gasteiger partial charge < -0.3 is 4.90 Å². The van der Waals surface area contributed by atoms with Crippen LogP contribution in [0.3, 0.4) is 0 Å². The maximum atomic E-state index is 5.81. The standard InChI is InChI=1S/C13H11Cl.C8H17N/c14-13-8-6-12(7-9-13)10-11-4-2-1-3-5-11;1-2-3-6-9-7-4-5-8-9/h1-9H,10H2;2-8H2,1H3. The van der Waals surface area contributed by atoms with Crippen LogP contribution in [0.2, 0.25) is 5.02 Å². The molecule has 1 aliphatic rings. The minimum absolute atomic E-state index is 0.793. The normalized spacial score (nSPS) is 14.3. The van der Waals surface area contributed by atoms with E-state index in [9.17, 15) is 0 Å². The second-order valence-electron chi connectivity index (χ2n) is 6.19. The summed E-state index contributed by atoms with van der Waals surface area (Å²) in [5.41, 5.74) is 2.62. The molecular weight excluding hydrogens is 302 g/mol. The number of rotatable bonds is 5. The Kier molecular flexibility index (Phi) is 8.20. The maximum absolute atomic E-state index is 5.81. The molecule has 124 valence electrons. The summed E-state index contributed by atoms with van der Waals surface area (Å²) in [5.74, 6) is 0. The Bertz CT molecular complexity index is 530. The summed E-state index contributed by atoms with van der Waals surface area (Å²) in [4.78, 5) is 2.57. The lowest BCUT2D eigenvalue weighted by atomic mass is 10.1. The molecular formula is C21H28ClN. The van der Waals surface area contributed by atoms with E-state index < -0.39 is 0 Å². The fourth-order valence-electron chi connectivity index (χ4n) is 2.82. The average Bonchev–Trinajstić information content (AvgIpc) is 3.10. The predicted octanol–water partition coefficient (Wildman–Crippen LogP) is 5.81. The van der Waals surface area contributed by atoms with Crippen molar-refractivity contribution in [3.63, 3.8) is 0 Å². The van der Waals surface area contributed by atoms with E-state index in [2.05, 4.69) is 48.2 Å². The average molecular weight is 330 g/mol. The van der Waals surface area contributed by atoms with Crippen LogP contribution in [-0.2, 0) is 6.42 Å². The SMILES string of the molecule is CCCCN1CCCC1.Clc1ccc(Cc2ccccc2)cc1. The van der Waals surface area contributed by atoms with Crippen molar-refractivity contribution in [3.05, 3.63) is 70.7 Å². The summed E-state index contributed by atoms with van der Waals surface area (Å²) in [6.07, 6.45) is 6.57. The molecule has 0 bridgehead atoms. The first-order valence-corrected chi connectivity index (χ1v) is 9.16. The molecule has 1 aliphatic heterocycles. The molecule has 0 saturated carbocycles. The van der Waals surface area contributed by atoms with Crippen molar-refractivity contribution in [3.8, 4) is 0 Å². The van der Waals surface area contributed by atoms with Gasteiger partial charge in [-0.2, -0.15) is 0 Å². The number of hydrogen-bond donors (Lipinski definition) is 0. The highest BCUT2D eigenvalue weighted by Gasteiger charge is 2.09. The van der Waals surface area contributed by atoms with Crippen LogP contribution in [0.5, 0.6) is 0 Å². The van der Waals surface area contributed by atoms with Crippen molar-refractivity contribution in [1.29, 1.82) is 0 Å². The third kappa shape index (κ3) is 7.20. The van der Waals surface area contributed by atoms with Gasteiger partial charge in [0.05, 0.1) is 0 Å². The zero-order chi connectivity index (χ0) is 16.3. The topological polar surface area (TPSA) is 3.24 Å². The van der Waals surface area contributed by atoms with Crippen LogP contribution in [-0.4, -0.2) is 24.5 Å². The Morgan fingerprint density at radius 1 is 0.870 bits per heavy atom. The predicted molar refractivity (Wildman–Crippen MR) is 101 cm³/mol. The summed E-state index contributed by atoms with van der Waals surface area (Å²) in [6.45, 7) is 6.33. The first-order chi connectivity index (χ1) is 11.3. The molecule has 1 fully saturated rings. The van der Waals surface area contributed by atoms with Crippen LogP contribution < -0.4 is 0 Å². The number of unbranched alkanes of at least 4 members (excludes halogenated alkanes) is 1. The van der Waals surface area contributed by atoms with Gasteiger partial charge in [-0.15, -0.1) is 0 Å². The van der Waals surface area contributed by atoms with Crippen molar-refractivity contribution in [2.24, 2.45) is 0 Å². The van der Waals surface area contributed by atoms with Gasteiger partial charge in [-0.3, -0.25) is 0 Å². The van der Waals surface area contributed by atoms with Crippen LogP contribution >= 0.6 is 11.6 Å². The summed E-state index contributed by atoms with van der Waals surface area (Å²) in [7, 11) is 0. The lowest BCUT2D eigenvalue weighted by Crippen LogP contribution is -2.19. The van der Waals surface area contributed by atoms with Gasteiger partial charge in [0.25, 0.3) is 0 Å². The molecule has 2 aromatic carbocycles. The molecule has 0 N–H and O–H groups in total. The highest BCUT2D eigenvalue weighted by atomic mass is 35.5. The van der Waals surface area contributed by atoms with E-state index in [1.54, 1.807) is 0 Å². The van der Waals surface area contributed by atoms with E-state index >= 15 is 0 Å². The van der Waals surface area contributed by atoms with Crippen molar-refractivity contribution >= 4 is 11.6 Å². The van der Waals surface area contributed by atoms with E-state index in [0.717, 1.165) is 11.4 Å². The second kappa shape index (κ2) is 10.5. The quantitative estimate of drug-likeness (QED) is 0.668. The zero-order valence-corrected chi connectivity index (χ0v) is 14.9. The van der Waals surface area contributed by atoms with Crippen LogP contribution in [0.25, 0.3) is 0 Å². The highest BCUT2D eigenvalue weighted by Crippen LogP contribution is 2.13. The van der Waals surface area contributed by atoms with Gasteiger partial charge in [0.15, 0.2) is 0 Å². The van der Waals surface area contributed by atoms with Gasteiger partial charge in [-0.1, -0.05) is 67.4 Å². The number of hydrogen-bond acceptors (Lipinski definition) is 1. The first kappa shape index (κ1) is 18.0. The van der Waals surface area contributed by atoms with Gasteiger partial charge in [0.2, 0.25) is 0 Å². The molecule has 0 spiro atoms. The molecule has 0 aliphatic carbocycles. The zero-order valence-electron chi connectivity index (χ0n) is 14.2. The fourth-order valence-corrected chi connectivity index (χ4v) is 2.95. The molecule has 0 aromatic heterocycles. The Morgan fingerprint density at radius 3 is 2.09 bits per heavy atom. The minimum atomic E-state index is 0.793. The Hall–Kier alpha value is -1.31. The molecule has 3 rings (SSSR count). The summed E-state index contributed by atoms with van der Waals surface area (Å²) in [6, 6.07) is 18.4. The van der Waals surface area contributed by atoms with E-state index in [0.29, 0.717) is 0 Å². The third-order valence-electron chi connectivity index (χ3n) is 4.19. The fraction of sp³-hybridized carbons (Fsp3) is 0.429. The monoisotopic (exact) mass is 329 g/mol. The lowest BCUT2D eigenvalue weighted by Gasteiger charge is -2.12. The smallest absolute Gasteiger partial charge is 0.0406 e. The first-order valence-electron chi connectivity index (χ1n) is 8.78. The Morgan fingerprint density at radius 2 is 1.48 bits per heavy atom. The van der Waals surface area contributed by atoms with Gasteiger partial charge in [0.1, 0.15) is 0 Å². The molecule has 2 heteroatoms. The van der Waals surface area contributed by atoms with E-state index in [1.165, 1.54) is 56.4 Å². The van der Waals surface area contributed by atoms with Crippen LogP contribution in [0.4, 0.5) is 0 Å². The van der Waals surface area contributed by atoms with Gasteiger partial charge in [-0.05, 0) is 68.6 Å². The number of benzene rings is 2. The minimum Gasteiger partial charge on any atom is -0.303 e. The molecule has 23 heavy (non-hydrogen) atoms. The van der Waals surface area contributed by atoms with Gasteiger partial charge >= 0.3 is 0 Å². The summed E-state index contributed by atoms with van der Waals surface area (Å²) in [5, 5.41) is 0.793. The molecule has 1 saturated heterocycles. The Labute approximate surface area is 146 Å². The van der Waals surface area contributed by atoms with Crippen molar-refractivity contribution < 1.29 is 0 Å². The van der Waals surface area contributed by atoms with Crippen molar-refractivity contribution in [2.45, 2.75) is 39.0 Å². The Balaban J connectivity index is 0.000000185. The summed E-state index contributed by atoms with van der Waals surface area (Å²) >= 11 is 5.81. The second-order valence-corrected chi connectivity index (χ2v) is 6.63. The van der Waals surface area contributed by atoms with Crippen LogP contribution in [0.1, 0.15) is 43.7 Å². The molecule has 0 unspecified atom stereocenters.